The lowest BCUT2D eigenvalue weighted by atomic mass is 10.1. The number of amides is 1. The van der Waals surface area contributed by atoms with Crippen LogP contribution in [-0.2, 0) is 10.9 Å². The van der Waals surface area contributed by atoms with Crippen LogP contribution in [0.3, 0.4) is 0 Å². The van der Waals surface area contributed by atoms with E-state index in [1.165, 1.54) is 54.3 Å². The lowest BCUT2D eigenvalue weighted by Crippen LogP contribution is -2.16. The second-order valence-electron chi connectivity index (χ2n) is 6.16. The molecular weight excluding hydrogens is 387 g/mol. The molecule has 6 nitrogen and oxygen atoms in total. The topological polar surface area (TPSA) is 73.2 Å². The molecule has 0 atom stereocenters. The lowest BCUT2D eigenvalue weighted by molar-refractivity contribution is -0.137. The second kappa shape index (κ2) is 7.78. The Kier molecular flexibility index (Phi) is 5.40. The summed E-state index contributed by atoms with van der Waals surface area (Å²) in [4.78, 5) is 24.3. The van der Waals surface area contributed by atoms with Crippen molar-refractivity contribution >= 4 is 17.7 Å². The fourth-order valence-corrected chi connectivity index (χ4v) is 2.69. The Hall–Kier alpha value is -3.62. The molecule has 2 aromatic carbocycles. The van der Waals surface area contributed by atoms with Gasteiger partial charge in [0.05, 0.1) is 29.6 Å². The monoisotopic (exact) mass is 403 g/mol. The molecule has 0 spiro atoms. The molecule has 0 unspecified atom stereocenters. The standard InChI is InChI=1S/C20H16F3N3O3/c1-12-9-17(24-18(27)13-5-3-6-14(10-13)19(28)29-2)26(25-12)16-8-4-7-15(11-16)20(21,22)23/h3-11H,1-2H3,(H,24,27). The van der Waals surface area contributed by atoms with E-state index in [2.05, 4.69) is 15.2 Å². The van der Waals surface area contributed by atoms with Gasteiger partial charge in [-0.1, -0.05) is 12.1 Å². The van der Waals surface area contributed by atoms with Gasteiger partial charge in [-0.05, 0) is 43.3 Å². The van der Waals surface area contributed by atoms with E-state index in [0.717, 1.165) is 12.1 Å². The average Bonchev–Trinajstić information content (AvgIpc) is 3.07. The maximum Gasteiger partial charge on any atom is 0.416 e. The van der Waals surface area contributed by atoms with Crippen molar-refractivity contribution in [2.75, 3.05) is 12.4 Å². The van der Waals surface area contributed by atoms with Gasteiger partial charge in [-0.3, -0.25) is 4.79 Å². The minimum atomic E-state index is -4.50. The smallest absolute Gasteiger partial charge is 0.416 e. The van der Waals surface area contributed by atoms with Gasteiger partial charge in [0.1, 0.15) is 5.82 Å². The van der Waals surface area contributed by atoms with Gasteiger partial charge in [0.2, 0.25) is 0 Å². The molecule has 0 aliphatic rings. The zero-order valence-electron chi connectivity index (χ0n) is 15.4. The van der Waals surface area contributed by atoms with Crippen LogP contribution in [0.25, 0.3) is 5.69 Å². The SMILES string of the molecule is COC(=O)c1cccc(C(=O)Nc2cc(C)nn2-c2cccc(C(F)(F)F)c2)c1. The largest absolute Gasteiger partial charge is 0.465 e. The summed E-state index contributed by atoms with van der Waals surface area (Å²) in [5.41, 5.74) is 0.198. The molecule has 0 bridgehead atoms. The minimum absolute atomic E-state index is 0.145. The first-order valence-corrected chi connectivity index (χ1v) is 8.43. The van der Waals surface area contributed by atoms with Gasteiger partial charge in [0.25, 0.3) is 5.91 Å². The van der Waals surface area contributed by atoms with Crippen molar-refractivity contribution in [1.82, 2.24) is 9.78 Å². The first-order chi connectivity index (χ1) is 13.7. The number of nitrogens with one attached hydrogen (secondary N) is 1. The number of hydrogen-bond donors (Lipinski definition) is 1. The van der Waals surface area contributed by atoms with Crippen LogP contribution in [0.5, 0.6) is 0 Å². The van der Waals surface area contributed by atoms with Crippen molar-refractivity contribution in [3.8, 4) is 5.69 Å². The zero-order valence-corrected chi connectivity index (χ0v) is 15.4. The minimum Gasteiger partial charge on any atom is -0.465 e. The van der Waals surface area contributed by atoms with Gasteiger partial charge in [-0.15, -0.1) is 0 Å². The number of rotatable bonds is 4. The highest BCUT2D eigenvalue weighted by Crippen LogP contribution is 2.31. The number of nitrogens with zero attached hydrogens (tertiary/aromatic N) is 2. The normalized spacial score (nSPS) is 11.2. The number of ether oxygens (including phenoxy) is 1. The van der Waals surface area contributed by atoms with E-state index >= 15 is 0 Å². The summed E-state index contributed by atoms with van der Waals surface area (Å²) < 4.78 is 44.9. The number of aromatic nitrogens is 2. The maximum absolute atomic E-state index is 13.0. The highest BCUT2D eigenvalue weighted by atomic mass is 19.4. The summed E-state index contributed by atoms with van der Waals surface area (Å²) in [6.07, 6.45) is -4.50. The molecule has 29 heavy (non-hydrogen) atoms. The van der Waals surface area contributed by atoms with E-state index in [4.69, 9.17) is 0 Å². The number of hydrogen-bond acceptors (Lipinski definition) is 4. The summed E-state index contributed by atoms with van der Waals surface area (Å²) in [5, 5.41) is 6.79. The van der Waals surface area contributed by atoms with E-state index in [1.54, 1.807) is 6.92 Å². The Labute approximate surface area is 163 Å². The van der Waals surface area contributed by atoms with E-state index < -0.39 is 23.6 Å². The Bertz CT molecular complexity index is 1070. The Morgan fingerprint density at radius 1 is 1.03 bits per heavy atom. The van der Waals surface area contributed by atoms with Crippen LogP contribution in [-0.4, -0.2) is 28.8 Å². The third-order valence-electron chi connectivity index (χ3n) is 4.04. The van der Waals surface area contributed by atoms with Crippen molar-refractivity contribution in [3.05, 3.63) is 77.0 Å². The molecule has 1 aromatic heterocycles. The number of carbonyl (C=O) groups is 2. The van der Waals surface area contributed by atoms with Crippen molar-refractivity contribution in [1.29, 1.82) is 0 Å². The first kappa shape index (κ1) is 20.1. The number of alkyl halides is 3. The quantitative estimate of drug-likeness (QED) is 0.662. The lowest BCUT2D eigenvalue weighted by Gasteiger charge is -2.12. The molecule has 150 valence electrons. The van der Waals surface area contributed by atoms with Crippen molar-refractivity contribution < 1.29 is 27.5 Å². The molecule has 0 aliphatic heterocycles. The van der Waals surface area contributed by atoms with Gasteiger partial charge < -0.3 is 10.1 Å². The van der Waals surface area contributed by atoms with Gasteiger partial charge in [0.15, 0.2) is 0 Å². The third-order valence-corrected chi connectivity index (χ3v) is 4.04. The third kappa shape index (κ3) is 4.45. The van der Waals surface area contributed by atoms with Crippen LogP contribution in [0.2, 0.25) is 0 Å². The van der Waals surface area contributed by atoms with Crippen LogP contribution >= 0.6 is 0 Å². The molecule has 1 heterocycles. The predicted molar refractivity (Wildman–Crippen MR) is 99.0 cm³/mol. The van der Waals surface area contributed by atoms with Gasteiger partial charge >= 0.3 is 12.1 Å². The first-order valence-electron chi connectivity index (χ1n) is 8.43. The number of halogens is 3. The molecule has 0 aliphatic carbocycles. The van der Waals surface area contributed by atoms with Crippen LogP contribution in [0.15, 0.2) is 54.6 Å². The molecule has 3 aromatic rings. The number of aryl methyl sites for hydroxylation is 1. The number of anilines is 1. The summed E-state index contributed by atoms with van der Waals surface area (Å²) >= 11 is 0. The molecule has 0 fully saturated rings. The molecule has 1 amide bonds. The number of carbonyl (C=O) groups excluding carboxylic acids is 2. The highest BCUT2D eigenvalue weighted by Gasteiger charge is 2.30. The molecule has 9 heteroatoms. The number of benzene rings is 2. The van der Waals surface area contributed by atoms with Crippen LogP contribution < -0.4 is 5.32 Å². The van der Waals surface area contributed by atoms with Gasteiger partial charge in [0, 0.05) is 11.6 Å². The molecule has 0 radical (unpaired) electrons. The highest BCUT2D eigenvalue weighted by molar-refractivity contribution is 6.05. The number of esters is 1. The second-order valence-corrected chi connectivity index (χ2v) is 6.16. The van der Waals surface area contributed by atoms with Crippen molar-refractivity contribution in [3.63, 3.8) is 0 Å². The fraction of sp³-hybridized carbons (Fsp3) is 0.150. The zero-order chi connectivity index (χ0) is 21.2. The molecule has 0 saturated carbocycles. The van der Waals surface area contributed by atoms with E-state index in [9.17, 15) is 22.8 Å². The molecular formula is C20H16F3N3O3. The average molecular weight is 403 g/mol. The Balaban J connectivity index is 1.93. The summed E-state index contributed by atoms with van der Waals surface area (Å²) in [6.45, 7) is 1.65. The molecule has 3 rings (SSSR count). The summed E-state index contributed by atoms with van der Waals surface area (Å²) in [6, 6.07) is 12.0. The van der Waals surface area contributed by atoms with Crippen LogP contribution in [0.4, 0.5) is 19.0 Å². The van der Waals surface area contributed by atoms with Crippen LogP contribution in [0.1, 0.15) is 32.0 Å². The molecule has 0 saturated heterocycles. The predicted octanol–water partition coefficient (Wildman–Crippen LogP) is 4.24. The van der Waals surface area contributed by atoms with Crippen LogP contribution in [0, 0.1) is 6.92 Å². The fourth-order valence-electron chi connectivity index (χ4n) is 2.69. The van der Waals surface area contributed by atoms with Gasteiger partial charge in [-0.2, -0.15) is 18.3 Å². The Morgan fingerprint density at radius 3 is 2.41 bits per heavy atom. The van der Waals surface area contributed by atoms with Gasteiger partial charge in [-0.25, -0.2) is 9.48 Å². The van der Waals surface area contributed by atoms with E-state index in [-0.39, 0.29) is 22.6 Å². The summed E-state index contributed by atoms with van der Waals surface area (Å²) in [5.74, 6) is -0.955. The number of methoxy groups -OCH3 is 1. The van der Waals surface area contributed by atoms with E-state index in [1.807, 2.05) is 0 Å². The van der Waals surface area contributed by atoms with Crippen molar-refractivity contribution in [2.45, 2.75) is 13.1 Å². The maximum atomic E-state index is 13.0. The van der Waals surface area contributed by atoms with Crippen molar-refractivity contribution in [2.24, 2.45) is 0 Å². The van der Waals surface area contributed by atoms with E-state index in [0.29, 0.717) is 5.69 Å². The Morgan fingerprint density at radius 2 is 1.72 bits per heavy atom. The summed E-state index contributed by atoms with van der Waals surface area (Å²) in [7, 11) is 1.23. The molecule has 1 N–H and O–H groups in total.